The van der Waals surface area contributed by atoms with Crippen molar-refractivity contribution in [2.75, 3.05) is 13.2 Å². The lowest BCUT2D eigenvalue weighted by Crippen LogP contribution is -2.41. The average molecular weight is 506 g/mol. The minimum Gasteiger partial charge on any atom is -0.598 e. The van der Waals surface area contributed by atoms with Crippen molar-refractivity contribution >= 4 is 11.4 Å². The summed E-state index contributed by atoms with van der Waals surface area (Å²) >= 11 is -1.33. The van der Waals surface area contributed by atoms with Crippen LogP contribution in [0.15, 0.2) is 51.7 Å². The van der Waals surface area contributed by atoms with E-state index in [0.29, 0.717) is 49.0 Å². The van der Waals surface area contributed by atoms with Crippen molar-refractivity contribution in [1.29, 1.82) is 0 Å². The zero-order chi connectivity index (χ0) is 24.9. The topological polar surface area (TPSA) is 106 Å². The fraction of sp³-hybridized carbons (Fsp3) is 0.520. The number of ether oxygens (including phenoxy) is 2. The van der Waals surface area contributed by atoms with E-state index in [1.165, 1.54) is 18.5 Å². The number of unbranched alkanes of at least 4 members (excludes halogenated alkanes) is 2. The summed E-state index contributed by atoms with van der Waals surface area (Å²) in [5, 5.41) is 4.01. The van der Waals surface area contributed by atoms with E-state index in [4.69, 9.17) is 18.4 Å². The SMILES string of the molecule is CC(C)(C)[S@@+]([O-])N[C@@H](CCCCCC1(c2ccon2)OCCO1)c1ncc(-c2ccccc2F)o1. The van der Waals surface area contributed by atoms with Crippen LogP contribution in [-0.2, 0) is 26.6 Å². The van der Waals surface area contributed by atoms with Crippen LogP contribution in [0, 0.1) is 5.82 Å². The predicted molar refractivity (Wildman–Crippen MR) is 129 cm³/mol. The van der Waals surface area contributed by atoms with E-state index in [1.54, 1.807) is 24.3 Å². The second-order valence-electron chi connectivity index (χ2n) is 9.53. The van der Waals surface area contributed by atoms with Crippen LogP contribution in [0.4, 0.5) is 4.39 Å². The first-order chi connectivity index (χ1) is 16.8. The van der Waals surface area contributed by atoms with Gasteiger partial charge in [0.15, 0.2) is 5.76 Å². The summed E-state index contributed by atoms with van der Waals surface area (Å²) in [6.07, 6.45) is 6.88. The Morgan fingerprint density at radius 3 is 2.60 bits per heavy atom. The molecule has 0 amide bonds. The highest BCUT2D eigenvalue weighted by molar-refractivity contribution is 7.90. The molecule has 1 aliphatic heterocycles. The maximum Gasteiger partial charge on any atom is 0.216 e. The van der Waals surface area contributed by atoms with E-state index in [2.05, 4.69) is 14.9 Å². The molecule has 1 N–H and O–H groups in total. The normalized spacial score (nSPS) is 17.5. The fourth-order valence-electron chi connectivity index (χ4n) is 3.94. The summed E-state index contributed by atoms with van der Waals surface area (Å²) in [5.74, 6) is -0.496. The Morgan fingerprint density at radius 2 is 1.91 bits per heavy atom. The van der Waals surface area contributed by atoms with Gasteiger partial charge in [-0.05, 0) is 45.7 Å². The molecule has 0 radical (unpaired) electrons. The Bertz CT molecular complexity index is 1060. The molecule has 0 bridgehead atoms. The smallest absolute Gasteiger partial charge is 0.216 e. The van der Waals surface area contributed by atoms with E-state index < -0.39 is 21.9 Å². The molecular weight excluding hydrogens is 473 g/mol. The van der Waals surface area contributed by atoms with Crippen LogP contribution in [-0.4, -0.2) is 32.7 Å². The molecule has 0 saturated carbocycles. The van der Waals surface area contributed by atoms with Gasteiger partial charge < -0.3 is 23.0 Å². The largest absolute Gasteiger partial charge is 0.598 e. The summed E-state index contributed by atoms with van der Waals surface area (Å²) < 4.78 is 52.4. The van der Waals surface area contributed by atoms with Gasteiger partial charge in [-0.15, -0.1) is 4.72 Å². The van der Waals surface area contributed by atoms with E-state index >= 15 is 0 Å². The molecule has 3 aromatic rings. The molecular formula is C25H32FN3O5S. The van der Waals surface area contributed by atoms with Gasteiger partial charge in [-0.25, -0.2) is 9.37 Å². The zero-order valence-corrected chi connectivity index (χ0v) is 21.1. The predicted octanol–water partition coefficient (Wildman–Crippen LogP) is 5.41. The molecule has 8 nitrogen and oxygen atoms in total. The summed E-state index contributed by atoms with van der Waals surface area (Å²) in [5.41, 5.74) is 0.993. The lowest BCUT2D eigenvalue weighted by Gasteiger charge is -2.27. The van der Waals surface area contributed by atoms with Gasteiger partial charge in [-0.3, -0.25) is 0 Å². The molecule has 2 aromatic heterocycles. The van der Waals surface area contributed by atoms with E-state index in [-0.39, 0.29) is 11.9 Å². The summed E-state index contributed by atoms with van der Waals surface area (Å²) in [4.78, 5) is 4.39. The second kappa shape index (κ2) is 11.2. The van der Waals surface area contributed by atoms with Crippen molar-refractivity contribution < 1.29 is 27.4 Å². The molecule has 0 aliphatic carbocycles. The Balaban J connectivity index is 1.39. The van der Waals surface area contributed by atoms with Crippen molar-refractivity contribution in [2.45, 2.75) is 69.5 Å². The second-order valence-corrected chi connectivity index (χ2v) is 11.5. The number of rotatable bonds is 11. The lowest BCUT2D eigenvalue weighted by atomic mass is 10.0. The van der Waals surface area contributed by atoms with Gasteiger partial charge in [0.05, 0.1) is 25.0 Å². The molecule has 0 unspecified atom stereocenters. The highest BCUT2D eigenvalue weighted by atomic mass is 32.2. The highest BCUT2D eigenvalue weighted by Crippen LogP contribution is 2.36. The number of oxazole rings is 1. The standard InChI is InChI=1S/C25H32FN3O5S/c1-24(2,3)35(30)29-20(23-27-17-21(34-23)18-9-6-7-10-19(18)26)11-5-4-8-13-25(31-15-16-32-25)22-12-14-33-28-22/h6-7,9-10,12,14,17,20,29H,4-5,8,11,13,15-16H2,1-3H3/t20-,35+/m0/s1. The third kappa shape index (κ3) is 6.31. The van der Waals surface area contributed by atoms with Gasteiger partial charge >= 0.3 is 0 Å². The summed E-state index contributed by atoms with van der Waals surface area (Å²) in [7, 11) is 0. The van der Waals surface area contributed by atoms with Crippen LogP contribution in [0.2, 0.25) is 0 Å². The average Bonchev–Trinajstić information content (AvgIpc) is 3.60. The number of nitrogens with zero attached hydrogens (tertiary/aromatic N) is 2. The van der Waals surface area contributed by atoms with E-state index in [9.17, 15) is 8.94 Å². The molecule has 1 fully saturated rings. The number of hydrogen-bond donors (Lipinski definition) is 1. The number of hydrogen-bond acceptors (Lipinski definition) is 8. The fourth-order valence-corrected chi connectivity index (χ4v) is 4.77. The molecule has 10 heteroatoms. The Labute approximate surface area is 207 Å². The number of nitrogens with one attached hydrogen (secondary N) is 1. The Hall–Kier alpha value is -2.24. The molecule has 1 saturated heterocycles. The molecule has 2 atom stereocenters. The number of halogens is 1. The van der Waals surface area contributed by atoms with Gasteiger partial charge in [0, 0.05) is 23.8 Å². The molecule has 4 rings (SSSR count). The van der Waals surface area contributed by atoms with Crippen molar-refractivity contribution in [3.8, 4) is 11.3 Å². The summed E-state index contributed by atoms with van der Waals surface area (Å²) in [6, 6.07) is 7.79. The first-order valence-corrected chi connectivity index (χ1v) is 13.0. The van der Waals surface area contributed by atoms with Crippen molar-refractivity contribution in [3.63, 3.8) is 0 Å². The van der Waals surface area contributed by atoms with Gasteiger partial charge in [0.1, 0.15) is 28.6 Å². The van der Waals surface area contributed by atoms with Crippen LogP contribution in [0.5, 0.6) is 0 Å². The van der Waals surface area contributed by atoms with Gasteiger partial charge in [-0.1, -0.05) is 30.1 Å². The quantitative estimate of drug-likeness (QED) is 0.272. The Kier molecular flexibility index (Phi) is 8.28. The third-order valence-electron chi connectivity index (χ3n) is 5.85. The maximum atomic E-state index is 14.2. The van der Waals surface area contributed by atoms with Gasteiger partial charge in [-0.2, -0.15) is 0 Å². The van der Waals surface area contributed by atoms with Crippen molar-refractivity contribution in [1.82, 2.24) is 14.9 Å². The maximum absolute atomic E-state index is 14.2. The van der Waals surface area contributed by atoms with Gasteiger partial charge in [0.25, 0.3) is 0 Å². The zero-order valence-electron chi connectivity index (χ0n) is 20.3. The monoisotopic (exact) mass is 505 g/mol. The first-order valence-electron chi connectivity index (χ1n) is 11.9. The summed E-state index contributed by atoms with van der Waals surface area (Å²) in [6.45, 7) is 6.74. The molecule has 1 aromatic carbocycles. The van der Waals surface area contributed by atoms with Crippen LogP contribution in [0.25, 0.3) is 11.3 Å². The highest BCUT2D eigenvalue weighted by Gasteiger charge is 2.40. The van der Waals surface area contributed by atoms with E-state index in [1.807, 2.05) is 20.8 Å². The molecule has 0 spiro atoms. The van der Waals surface area contributed by atoms with Crippen LogP contribution in [0.3, 0.4) is 0 Å². The lowest BCUT2D eigenvalue weighted by molar-refractivity contribution is -0.175. The molecule has 35 heavy (non-hydrogen) atoms. The molecule has 3 heterocycles. The van der Waals surface area contributed by atoms with E-state index in [0.717, 1.165) is 19.3 Å². The van der Waals surface area contributed by atoms with Crippen LogP contribution in [0.1, 0.15) is 70.5 Å². The van der Waals surface area contributed by atoms with Crippen molar-refractivity contribution in [2.24, 2.45) is 0 Å². The first kappa shape index (κ1) is 25.8. The minimum atomic E-state index is -1.33. The third-order valence-corrected chi connectivity index (χ3v) is 7.46. The minimum absolute atomic E-state index is 0.344. The molecule has 1 aliphatic rings. The van der Waals surface area contributed by atoms with Crippen molar-refractivity contribution in [3.05, 3.63) is 60.2 Å². The number of benzene rings is 1. The van der Waals surface area contributed by atoms with Crippen LogP contribution >= 0.6 is 0 Å². The van der Waals surface area contributed by atoms with Crippen LogP contribution < -0.4 is 4.72 Å². The molecule has 190 valence electrons. The Morgan fingerprint density at radius 1 is 1.14 bits per heavy atom. The number of aromatic nitrogens is 2. The van der Waals surface area contributed by atoms with Gasteiger partial charge in [0.2, 0.25) is 11.7 Å².